The first-order valence-electron chi connectivity index (χ1n) is 12.2. The number of likely N-dealkylation sites (N-methyl/N-ethyl adjacent to an activating group) is 1. The van der Waals surface area contributed by atoms with Crippen LogP contribution in [0.1, 0.15) is 19.4 Å². The summed E-state index contributed by atoms with van der Waals surface area (Å²) >= 11 is 2.21. The van der Waals surface area contributed by atoms with Gasteiger partial charge in [0.15, 0.2) is 0 Å². The number of aliphatic hydroxyl groups excluding tert-OH is 1. The van der Waals surface area contributed by atoms with Crippen LogP contribution in [0.25, 0.3) is 0 Å². The number of nitrogens with one attached hydrogen (secondary N) is 1. The first-order valence-corrected chi connectivity index (χ1v) is 16.9. The van der Waals surface area contributed by atoms with Crippen molar-refractivity contribution in [2.24, 2.45) is 5.92 Å². The first-order chi connectivity index (χ1) is 18.4. The zero-order valence-electron chi connectivity index (χ0n) is 21.7. The molecule has 1 aliphatic heterocycles. The van der Waals surface area contributed by atoms with Gasteiger partial charge in [-0.05, 0) is 48.0 Å². The van der Waals surface area contributed by atoms with Crippen LogP contribution in [0.4, 0.5) is 5.69 Å². The number of carbonyl (C=O) groups excluding carboxylic acids is 1. The molecule has 14 heteroatoms. The van der Waals surface area contributed by atoms with Crippen LogP contribution in [-0.4, -0.2) is 75.9 Å². The standard InChI is InChI=1S/C25H31N3O7S4/c1-17-14-28(18(2)16-29)23(30)13-19-12-20(26-38(31,32)24-6-4-10-36-24)8-9-21(19)35-22(17)15-27(3)39(33,34)25-7-5-11-37-25/h4-12,17-18,22,26,29H,13-16H2,1-3H3/t17-,18-,22-/m0/s1. The molecule has 1 aliphatic rings. The Morgan fingerprint density at radius 2 is 1.79 bits per heavy atom. The second-order valence-electron chi connectivity index (χ2n) is 9.47. The summed E-state index contributed by atoms with van der Waals surface area (Å²) in [5.74, 6) is -0.196. The van der Waals surface area contributed by atoms with E-state index in [0.29, 0.717) is 11.3 Å². The van der Waals surface area contributed by atoms with Gasteiger partial charge in [0.1, 0.15) is 20.3 Å². The lowest BCUT2D eigenvalue weighted by Crippen LogP contribution is -2.48. The second-order valence-corrected chi connectivity index (χ2v) is 15.5. The molecule has 212 valence electrons. The fourth-order valence-electron chi connectivity index (χ4n) is 4.25. The quantitative estimate of drug-likeness (QED) is 0.379. The number of rotatable bonds is 9. The lowest BCUT2D eigenvalue weighted by molar-refractivity contribution is -0.134. The summed E-state index contributed by atoms with van der Waals surface area (Å²) in [6, 6.07) is 10.6. The summed E-state index contributed by atoms with van der Waals surface area (Å²) in [4.78, 5) is 14.9. The molecule has 10 nitrogen and oxygen atoms in total. The maximum absolute atomic E-state index is 13.4. The molecule has 0 saturated carbocycles. The molecule has 3 heterocycles. The predicted molar refractivity (Wildman–Crippen MR) is 151 cm³/mol. The van der Waals surface area contributed by atoms with Crippen molar-refractivity contribution in [3.63, 3.8) is 0 Å². The molecule has 3 atom stereocenters. The van der Waals surface area contributed by atoms with Crippen LogP contribution in [0.15, 0.2) is 61.6 Å². The van der Waals surface area contributed by atoms with Gasteiger partial charge >= 0.3 is 0 Å². The van der Waals surface area contributed by atoms with Crippen molar-refractivity contribution in [1.29, 1.82) is 0 Å². The Kier molecular flexibility index (Phi) is 9.03. The van der Waals surface area contributed by atoms with Gasteiger partial charge in [-0.25, -0.2) is 16.8 Å². The minimum atomic E-state index is -3.81. The van der Waals surface area contributed by atoms with Gasteiger partial charge in [0.05, 0.1) is 25.6 Å². The van der Waals surface area contributed by atoms with Crippen LogP contribution in [0.3, 0.4) is 0 Å². The molecule has 1 amide bonds. The van der Waals surface area contributed by atoms with Gasteiger partial charge in [0.2, 0.25) is 5.91 Å². The third-order valence-corrected chi connectivity index (χ3v) is 12.5. The average Bonchev–Trinajstić information content (AvgIpc) is 3.62. The molecular formula is C25H31N3O7S4. The Balaban J connectivity index is 1.68. The summed E-state index contributed by atoms with van der Waals surface area (Å²) in [5.41, 5.74) is 0.714. The fourth-order valence-corrected chi connectivity index (χ4v) is 8.67. The van der Waals surface area contributed by atoms with Crippen molar-refractivity contribution in [2.45, 2.75) is 40.8 Å². The Bertz CT molecular complexity index is 1490. The van der Waals surface area contributed by atoms with E-state index in [1.54, 1.807) is 59.0 Å². The number of ether oxygens (including phenoxy) is 1. The maximum Gasteiger partial charge on any atom is 0.271 e. The smallest absolute Gasteiger partial charge is 0.271 e. The zero-order chi connectivity index (χ0) is 28.4. The van der Waals surface area contributed by atoms with E-state index in [1.807, 2.05) is 6.92 Å². The van der Waals surface area contributed by atoms with Gasteiger partial charge in [-0.1, -0.05) is 19.1 Å². The van der Waals surface area contributed by atoms with E-state index in [0.717, 1.165) is 22.7 Å². The highest BCUT2D eigenvalue weighted by atomic mass is 32.3. The molecule has 0 fully saturated rings. The van der Waals surface area contributed by atoms with Crippen LogP contribution in [0.2, 0.25) is 0 Å². The summed E-state index contributed by atoms with van der Waals surface area (Å²) < 4.78 is 62.3. The van der Waals surface area contributed by atoms with Crippen LogP contribution < -0.4 is 9.46 Å². The van der Waals surface area contributed by atoms with Crippen LogP contribution in [0.5, 0.6) is 5.75 Å². The SMILES string of the molecule is C[C@H]1CN([C@@H](C)CO)C(=O)Cc2cc(NS(=O)(=O)c3cccs3)ccc2O[C@H]1CN(C)S(=O)(=O)c1cccs1. The Morgan fingerprint density at radius 3 is 2.41 bits per heavy atom. The topological polar surface area (TPSA) is 133 Å². The lowest BCUT2D eigenvalue weighted by Gasteiger charge is -2.33. The highest BCUT2D eigenvalue weighted by Crippen LogP contribution is 2.31. The zero-order valence-corrected chi connectivity index (χ0v) is 24.9. The number of hydrogen-bond donors (Lipinski definition) is 2. The van der Waals surface area contributed by atoms with Crippen molar-refractivity contribution in [3.05, 3.63) is 58.8 Å². The van der Waals surface area contributed by atoms with E-state index in [9.17, 15) is 26.7 Å². The molecule has 0 unspecified atom stereocenters. The van der Waals surface area contributed by atoms with Gasteiger partial charge in [-0.3, -0.25) is 9.52 Å². The molecule has 39 heavy (non-hydrogen) atoms. The van der Waals surface area contributed by atoms with Crippen LogP contribution in [-0.2, 0) is 31.3 Å². The highest BCUT2D eigenvalue weighted by Gasteiger charge is 2.34. The van der Waals surface area contributed by atoms with Gasteiger partial charge in [-0.15, -0.1) is 22.7 Å². The summed E-state index contributed by atoms with van der Waals surface area (Å²) in [7, 11) is -6.07. The normalized spacial score (nSPS) is 19.5. The lowest BCUT2D eigenvalue weighted by atomic mass is 10.0. The number of amides is 1. The third-order valence-electron chi connectivity index (χ3n) is 6.53. The van der Waals surface area contributed by atoms with Crippen molar-refractivity contribution in [1.82, 2.24) is 9.21 Å². The number of benzene rings is 1. The van der Waals surface area contributed by atoms with E-state index in [-0.39, 0.29) is 52.0 Å². The van der Waals surface area contributed by atoms with Gasteiger partial charge < -0.3 is 14.7 Å². The highest BCUT2D eigenvalue weighted by molar-refractivity contribution is 7.94. The molecule has 2 N–H and O–H groups in total. The van der Waals surface area contributed by atoms with Crippen molar-refractivity contribution in [3.8, 4) is 5.75 Å². The number of aliphatic hydroxyl groups is 1. The number of carbonyl (C=O) groups is 1. The molecule has 3 aromatic rings. The van der Waals surface area contributed by atoms with E-state index in [2.05, 4.69) is 4.72 Å². The van der Waals surface area contributed by atoms with Crippen LogP contribution >= 0.6 is 22.7 Å². The first kappa shape index (κ1) is 29.5. The Morgan fingerprint density at radius 1 is 1.13 bits per heavy atom. The molecule has 0 radical (unpaired) electrons. The largest absolute Gasteiger partial charge is 0.488 e. The number of anilines is 1. The van der Waals surface area contributed by atoms with Crippen molar-refractivity contribution in [2.75, 3.05) is 31.5 Å². The van der Waals surface area contributed by atoms with E-state index >= 15 is 0 Å². The number of sulfonamides is 2. The Hall–Kier alpha value is -2.49. The van der Waals surface area contributed by atoms with Crippen molar-refractivity contribution < 1.29 is 31.5 Å². The molecule has 0 bridgehead atoms. The molecule has 0 spiro atoms. The van der Waals surface area contributed by atoms with E-state index in [1.165, 1.54) is 17.4 Å². The van der Waals surface area contributed by atoms with Crippen molar-refractivity contribution >= 4 is 54.3 Å². The molecule has 0 saturated heterocycles. The minimum Gasteiger partial charge on any atom is -0.488 e. The second kappa shape index (κ2) is 11.9. The third kappa shape index (κ3) is 6.64. The molecular weight excluding hydrogens is 583 g/mol. The maximum atomic E-state index is 13.4. The average molecular weight is 614 g/mol. The van der Waals surface area contributed by atoms with E-state index in [4.69, 9.17) is 4.74 Å². The fraction of sp³-hybridized carbons (Fsp3) is 0.400. The van der Waals surface area contributed by atoms with Gasteiger partial charge in [0, 0.05) is 30.8 Å². The number of hydrogen-bond acceptors (Lipinski definition) is 9. The summed E-state index contributed by atoms with van der Waals surface area (Å²) in [5, 5.41) is 13.2. The summed E-state index contributed by atoms with van der Waals surface area (Å²) in [6.45, 7) is 3.62. The molecule has 2 aromatic heterocycles. The molecule has 4 rings (SSSR count). The monoisotopic (exact) mass is 613 g/mol. The minimum absolute atomic E-state index is 0.0170. The predicted octanol–water partition coefficient (Wildman–Crippen LogP) is 3.08. The van der Waals surface area contributed by atoms with Crippen LogP contribution in [0, 0.1) is 5.92 Å². The number of fused-ring (bicyclic) bond motifs is 1. The molecule has 0 aliphatic carbocycles. The number of nitrogens with zero attached hydrogens (tertiary/aromatic N) is 2. The molecule has 1 aromatic carbocycles. The van der Waals surface area contributed by atoms with Gasteiger partial charge in [-0.2, -0.15) is 4.31 Å². The van der Waals surface area contributed by atoms with Gasteiger partial charge in [0.25, 0.3) is 20.0 Å². The number of thiophene rings is 2. The Labute approximate surface area is 236 Å². The van der Waals surface area contributed by atoms with E-state index < -0.39 is 32.2 Å². The summed E-state index contributed by atoms with van der Waals surface area (Å²) in [6.07, 6.45) is -0.728.